The fraction of sp³-hybridized carbons (Fsp3) is 0.500. The lowest BCUT2D eigenvalue weighted by atomic mass is 9.98. The van der Waals surface area contributed by atoms with Gasteiger partial charge in [0.05, 0.1) is 0 Å². The number of aliphatic hydroxyl groups excluding tert-OH is 1. The van der Waals surface area contributed by atoms with Gasteiger partial charge in [-0.3, -0.25) is 0 Å². The molecule has 0 amide bonds. The van der Waals surface area contributed by atoms with Gasteiger partial charge in [0.15, 0.2) is 0 Å². The third kappa shape index (κ3) is 2.48. The fourth-order valence-corrected chi connectivity index (χ4v) is 1.63. The lowest BCUT2D eigenvalue weighted by Gasteiger charge is -2.11. The fourth-order valence-electron chi connectivity index (χ4n) is 1.63. The van der Waals surface area contributed by atoms with Crippen LogP contribution in [0.5, 0.6) is 5.75 Å². The summed E-state index contributed by atoms with van der Waals surface area (Å²) in [7, 11) is 0. The Morgan fingerprint density at radius 1 is 1.21 bits per heavy atom. The number of hydrogen-bond acceptors (Lipinski definition) is 2. The molecule has 1 atom stereocenters. The first-order valence-corrected chi connectivity index (χ1v) is 4.94. The molecule has 0 aromatic heterocycles. The summed E-state index contributed by atoms with van der Waals surface area (Å²) in [4.78, 5) is 0. The standard InChI is InChI=1S/C12H18O2/c1-8(7-13)4-11-5-9(2)12(14)10(3)6-11/h5-6,8,13-14H,4,7H2,1-3H3/t8-/m1/s1. The first-order valence-electron chi connectivity index (χ1n) is 4.94. The van der Waals surface area contributed by atoms with Crippen molar-refractivity contribution in [2.45, 2.75) is 27.2 Å². The molecule has 0 aliphatic heterocycles. The van der Waals surface area contributed by atoms with Gasteiger partial charge in [-0.1, -0.05) is 19.1 Å². The van der Waals surface area contributed by atoms with E-state index in [-0.39, 0.29) is 12.5 Å². The largest absolute Gasteiger partial charge is 0.507 e. The number of hydrogen-bond donors (Lipinski definition) is 2. The summed E-state index contributed by atoms with van der Waals surface area (Å²) in [6, 6.07) is 3.96. The normalized spacial score (nSPS) is 12.9. The molecule has 0 fully saturated rings. The molecular formula is C12H18O2. The Morgan fingerprint density at radius 3 is 2.14 bits per heavy atom. The second-order valence-corrected chi connectivity index (χ2v) is 4.07. The summed E-state index contributed by atoms with van der Waals surface area (Å²) < 4.78 is 0. The van der Waals surface area contributed by atoms with E-state index in [1.807, 2.05) is 32.9 Å². The number of phenolic OH excluding ortho intramolecular Hbond substituents is 1. The van der Waals surface area contributed by atoms with Crippen molar-refractivity contribution in [3.8, 4) is 5.75 Å². The molecule has 2 heteroatoms. The highest BCUT2D eigenvalue weighted by Gasteiger charge is 2.06. The summed E-state index contributed by atoms with van der Waals surface area (Å²) >= 11 is 0. The van der Waals surface area contributed by atoms with E-state index >= 15 is 0 Å². The van der Waals surface area contributed by atoms with Crippen LogP contribution in [0.3, 0.4) is 0 Å². The molecule has 1 aromatic rings. The first kappa shape index (κ1) is 11.1. The van der Waals surface area contributed by atoms with E-state index in [1.165, 1.54) is 5.56 Å². The highest BCUT2D eigenvalue weighted by Crippen LogP contribution is 2.24. The summed E-state index contributed by atoms with van der Waals surface area (Å²) in [5.41, 5.74) is 3.00. The van der Waals surface area contributed by atoms with Crippen LogP contribution in [-0.4, -0.2) is 16.8 Å². The van der Waals surface area contributed by atoms with Crippen LogP contribution in [0.4, 0.5) is 0 Å². The van der Waals surface area contributed by atoms with E-state index in [1.54, 1.807) is 0 Å². The number of aliphatic hydroxyl groups is 1. The molecule has 0 radical (unpaired) electrons. The molecule has 1 rings (SSSR count). The van der Waals surface area contributed by atoms with Gasteiger partial charge in [-0.05, 0) is 42.9 Å². The molecule has 14 heavy (non-hydrogen) atoms. The van der Waals surface area contributed by atoms with E-state index < -0.39 is 0 Å². The SMILES string of the molecule is Cc1cc(C[C@@H](C)CO)cc(C)c1O. The molecule has 0 heterocycles. The average Bonchev–Trinajstić information content (AvgIpc) is 2.14. The van der Waals surface area contributed by atoms with Gasteiger partial charge in [-0.2, -0.15) is 0 Å². The highest BCUT2D eigenvalue weighted by molar-refractivity contribution is 5.42. The van der Waals surface area contributed by atoms with Crippen molar-refractivity contribution in [2.75, 3.05) is 6.61 Å². The van der Waals surface area contributed by atoms with Gasteiger partial charge in [0.2, 0.25) is 0 Å². The molecule has 2 N–H and O–H groups in total. The zero-order valence-corrected chi connectivity index (χ0v) is 9.04. The van der Waals surface area contributed by atoms with Crippen molar-refractivity contribution in [3.63, 3.8) is 0 Å². The molecule has 1 aromatic carbocycles. The molecule has 78 valence electrons. The maximum Gasteiger partial charge on any atom is 0.121 e. The molecule has 0 saturated heterocycles. The Hall–Kier alpha value is -1.02. The maximum atomic E-state index is 9.57. The van der Waals surface area contributed by atoms with Crippen LogP contribution in [0.2, 0.25) is 0 Å². The molecule has 0 unspecified atom stereocenters. The number of rotatable bonds is 3. The van der Waals surface area contributed by atoms with Gasteiger partial charge in [0.1, 0.15) is 5.75 Å². The lowest BCUT2D eigenvalue weighted by Crippen LogP contribution is -2.04. The quantitative estimate of drug-likeness (QED) is 0.774. The van der Waals surface area contributed by atoms with Crippen molar-refractivity contribution in [1.82, 2.24) is 0 Å². The summed E-state index contributed by atoms with van der Waals surface area (Å²) in [6.07, 6.45) is 0.860. The van der Waals surface area contributed by atoms with Crippen LogP contribution in [0.25, 0.3) is 0 Å². The van der Waals surface area contributed by atoms with Gasteiger partial charge >= 0.3 is 0 Å². The molecule has 0 spiro atoms. The molecule has 2 nitrogen and oxygen atoms in total. The average molecular weight is 194 g/mol. The minimum atomic E-state index is 0.207. The summed E-state index contributed by atoms with van der Waals surface area (Å²) in [5, 5.41) is 18.5. The zero-order valence-electron chi connectivity index (χ0n) is 9.04. The van der Waals surface area contributed by atoms with Gasteiger partial charge in [-0.25, -0.2) is 0 Å². The Bertz CT molecular complexity index is 295. The van der Waals surface area contributed by atoms with E-state index in [9.17, 15) is 5.11 Å². The van der Waals surface area contributed by atoms with Crippen molar-refractivity contribution in [3.05, 3.63) is 28.8 Å². The second-order valence-electron chi connectivity index (χ2n) is 4.07. The van der Waals surface area contributed by atoms with E-state index in [0.29, 0.717) is 5.75 Å². The first-order chi connectivity index (χ1) is 6.54. The van der Waals surface area contributed by atoms with Crippen molar-refractivity contribution < 1.29 is 10.2 Å². The smallest absolute Gasteiger partial charge is 0.121 e. The van der Waals surface area contributed by atoms with Crippen molar-refractivity contribution in [1.29, 1.82) is 0 Å². The van der Waals surface area contributed by atoms with Crippen LogP contribution >= 0.6 is 0 Å². The highest BCUT2D eigenvalue weighted by atomic mass is 16.3. The van der Waals surface area contributed by atoms with Crippen LogP contribution in [0.1, 0.15) is 23.6 Å². The van der Waals surface area contributed by atoms with Gasteiger partial charge < -0.3 is 10.2 Å². The van der Waals surface area contributed by atoms with Gasteiger partial charge in [0, 0.05) is 6.61 Å². The Labute approximate surface area is 85.2 Å². The minimum Gasteiger partial charge on any atom is -0.507 e. The Kier molecular flexibility index (Phi) is 3.53. The monoisotopic (exact) mass is 194 g/mol. The lowest BCUT2D eigenvalue weighted by molar-refractivity contribution is 0.237. The summed E-state index contributed by atoms with van der Waals surface area (Å²) in [5.74, 6) is 0.656. The maximum absolute atomic E-state index is 9.57. The van der Waals surface area contributed by atoms with E-state index in [4.69, 9.17) is 5.11 Å². The minimum absolute atomic E-state index is 0.207. The number of aryl methyl sites for hydroxylation is 2. The van der Waals surface area contributed by atoms with Crippen LogP contribution in [0.15, 0.2) is 12.1 Å². The Morgan fingerprint density at radius 2 is 1.71 bits per heavy atom. The summed E-state index contributed by atoms with van der Waals surface area (Å²) in [6.45, 7) is 6.02. The third-order valence-corrected chi connectivity index (χ3v) is 2.45. The molecular weight excluding hydrogens is 176 g/mol. The topological polar surface area (TPSA) is 40.5 Å². The molecule has 0 bridgehead atoms. The van der Waals surface area contributed by atoms with E-state index in [0.717, 1.165) is 17.5 Å². The third-order valence-electron chi connectivity index (χ3n) is 2.45. The van der Waals surface area contributed by atoms with Crippen LogP contribution in [-0.2, 0) is 6.42 Å². The Balaban J connectivity index is 2.89. The van der Waals surface area contributed by atoms with Crippen LogP contribution < -0.4 is 0 Å². The van der Waals surface area contributed by atoms with Gasteiger partial charge in [-0.15, -0.1) is 0 Å². The predicted octanol–water partition coefficient (Wildman–Crippen LogP) is 2.18. The zero-order chi connectivity index (χ0) is 10.7. The predicted molar refractivity (Wildman–Crippen MR) is 57.5 cm³/mol. The number of aromatic hydroxyl groups is 1. The molecule has 0 saturated carbocycles. The van der Waals surface area contributed by atoms with E-state index in [2.05, 4.69) is 0 Å². The second kappa shape index (κ2) is 4.47. The molecule has 0 aliphatic carbocycles. The van der Waals surface area contributed by atoms with Gasteiger partial charge in [0.25, 0.3) is 0 Å². The van der Waals surface area contributed by atoms with Crippen LogP contribution in [0, 0.1) is 19.8 Å². The van der Waals surface area contributed by atoms with Crippen molar-refractivity contribution >= 4 is 0 Å². The molecule has 0 aliphatic rings. The van der Waals surface area contributed by atoms with Crippen molar-refractivity contribution in [2.24, 2.45) is 5.92 Å². The number of benzene rings is 1. The number of phenols is 1.